The van der Waals surface area contributed by atoms with Gasteiger partial charge < -0.3 is 10.1 Å². The van der Waals surface area contributed by atoms with E-state index in [9.17, 15) is 14.4 Å². The molecule has 1 N–H and O–H groups in total. The number of aryl methyl sites for hydroxylation is 1. The second kappa shape index (κ2) is 8.00. The van der Waals surface area contributed by atoms with Gasteiger partial charge in [-0.3, -0.25) is 4.68 Å². The number of halogens is 1. The minimum Gasteiger partial charge on any atom is -0.444 e. The van der Waals surface area contributed by atoms with Crippen molar-refractivity contribution in [2.24, 2.45) is 0 Å². The summed E-state index contributed by atoms with van der Waals surface area (Å²) in [5.74, 6) is -0.432. The third kappa shape index (κ3) is 5.31. The topological polar surface area (TPSA) is 79.9 Å². The van der Waals surface area contributed by atoms with Crippen LogP contribution in [0.2, 0.25) is 0 Å². The molecule has 1 aromatic carbocycles. The lowest BCUT2D eigenvalue weighted by Crippen LogP contribution is -2.39. The first-order valence-electron chi connectivity index (χ1n) is 8.42. The van der Waals surface area contributed by atoms with E-state index in [0.717, 1.165) is 12.1 Å². The molecule has 0 saturated carbocycles. The molecule has 6 nitrogen and oxygen atoms in total. The summed E-state index contributed by atoms with van der Waals surface area (Å²) in [5, 5.41) is 15.9. The zero-order valence-corrected chi connectivity index (χ0v) is 15.4. The number of rotatable bonds is 5. The maximum Gasteiger partial charge on any atom is 0.408 e. The van der Waals surface area contributed by atoms with Crippen LogP contribution in [0.1, 0.15) is 33.3 Å². The fourth-order valence-electron chi connectivity index (χ4n) is 2.38. The Balaban J connectivity index is 2.08. The van der Waals surface area contributed by atoms with E-state index >= 15 is 0 Å². The number of hydrogen-bond acceptors (Lipinski definition) is 4. The number of alkyl carbamates (subject to hydrolysis) is 1. The number of aromatic nitrogens is 2. The molecule has 0 fully saturated rings. The second-order valence-corrected chi connectivity index (χ2v) is 6.92. The van der Waals surface area contributed by atoms with Gasteiger partial charge in [-0.2, -0.15) is 10.4 Å². The Bertz CT molecular complexity index is 818. The Morgan fingerprint density at radius 3 is 2.69 bits per heavy atom. The molecule has 0 unspecified atom stereocenters. The number of hydrogen-bond donors (Lipinski definition) is 1. The van der Waals surface area contributed by atoms with E-state index in [1.807, 2.05) is 19.2 Å². The highest BCUT2D eigenvalue weighted by Gasteiger charge is 2.20. The number of nitrogens with one attached hydrogen (secondary N) is 1. The molecule has 0 saturated heterocycles. The minimum absolute atomic E-state index is 0.0517. The van der Waals surface area contributed by atoms with Crippen molar-refractivity contribution in [3.05, 3.63) is 42.0 Å². The summed E-state index contributed by atoms with van der Waals surface area (Å²) in [5.41, 5.74) is 1.21. The highest BCUT2D eigenvalue weighted by Crippen LogP contribution is 2.22. The van der Waals surface area contributed by atoms with Gasteiger partial charge in [0.1, 0.15) is 17.5 Å². The summed E-state index contributed by atoms with van der Waals surface area (Å²) in [6.45, 7) is 7.90. The first kappa shape index (κ1) is 19.4. The van der Waals surface area contributed by atoms with Crippen molar-refractivity contribution in [3.63, 3.8) is 0 Å². The zero-order valence-electron chi connectivity index (χ0n) is 15.4. The summed E-state index contributed by atoms with van der Waals surface area (Å²) >= 11 is 0. The van der Waals surface area contributed by atoms with Crippen LogP contribution in [-0.4, -0.2) is 27.5 Å². The van der Waals surface area contributed by atoms with Crippen molar-refractivity contribution in [3.8, 4) is 17.2 Å². The van der Waals surface area contributed by atoms with E-state index in [2.05, 4.69) is 10.4 Å². The lowest BCUT2D eigenvalue weighted by molar-refractivity contribution is 0.0515. The van der Waals surface area contributed by atoms with E-state index in [1.54, 1.807) is 43.8 Å². The third-order valence-corrected chi connectivity index (χ3v) is 3.61. The number of carbonyl (C=O) groups excluding carboxylic acids is 1. The summed E-state index contributed by atoms with van der Waals surface area (Å²) in [4.78, 5) is 11.8. The van der Waals surface area contributed by atoms with Gasteiger partial charge in [0, 0.05) is 24.7 Å². The Hall–Kier alpha value is -2.88. The number of carbonyl (C=O) groups is 1. The monoisotopic (exact) mass is 358 g/mol. The van der Waals surface area contributed by atoms with E-state index in [4.69, 9.17) is 4.74 Å². The molecule has 2 rings (SSSR count). The van der Waals surface area contributed by atoms with Gasteiger partial charge in [0.25, 0.3) is 0 Å². The molecule has 1 atom stereocenters. The number of nitrogens with zero attached hydrogens (tertiary/aromatic N) is 3. The van der Waals surface area contributed by atoms with Crippen LogP contribution in [0.15, 0.2) is 30.6 Å². The molecule has 1 heterocycles. The van der Waals surface area contributed by atoms with Crippen molar-refractivity contribution < 1.29 is 13.9 Å². The van der Waals surface area contributed by atoms with Gasteiger partial charge in [-0.15, -0.1) is 0 Å². The van der Waals surface area contributed by atoms with Crippen molar-refractivity contribution in [2.75, 3.05) is 0 Å². The van der Waals surface area contributed by atoms with Crippen LogP contribution in [0.4, 0.5) is 9.18 Å². The Morgan fingerprint density at radius 2 is 2.15 bits per heavy atom. The summed E-state index contributed by atoms with van der Waals surface area (Å²) in [6.07, 6.45) is 2.88. The van der Waals surface area contributed by atoms with Gasteiger partial charge in [0.15, 0.2) is 0 Å². The predicted molar refractivity (Wildman–Crippen MR) is 95.8 cm³/mol. The molecule has 26 heavy (non-hydrogen) atoms. The SMILES string of the molecule is CCn1cc(-c2ccc(C[C@@H](C#N)NC(=O)OC(C)(C)C)c(F)c2)cn1. The van der Waals surface area contributed by atoms with Gasteiger partial charge in [0.2, 0.25) is 0 Å². The molecule has 138 valence electrons. The molecule has 0 bridgehead atoms. The fourth-order valence-corrected chi connectivity index (χ4v) is 2.38. The molecule has 0 spiro atoms. The van der Waals surface area contributed by atoms with Crippen LogP contribution in [-0.2, 0) is 17.7 Å². The molecule has 0 radical (unpaired) electrons. The molecule has 1 aromatic heterocycles. The van der Waals surface area contributed by atoms with E-state index in [-0.39, 0.29) is 6.42 Å². The zero-order chi connectivity index (χ0) is 19.3. The maximum atomic E-state index is 14.4. The predicted octanol–water partition coefficient (Wildman–Crippen LogP) is 3.67. The molecule has 2 aromatic rings. The van der Waals surface area contributed by atoms with Crippen molar-refractivity contribution in [1.82, 2.24) is 15.1 Å². The van der Waals surface area contributed by atoms with Crippen molar-refractivity contribution >= 4 is 6.09 Å². The quantitative estimate of drug-likeness (QED) is 0.884. The maximum absolute atomic E-state index is 14.4. The molecule has 0 aliphatic carbocycles. The number of amides is 1. The third-order valence-electron chi connectivity index (χ3n) is 3.61. The fraction of sp³-hybridized carbons (Fsp3) is 0.421. The van der Waals surface area contributed by atoms with Gasteiger partial charge >= 0.3 is 6.09 Å². The second-order valence-electron chi connectivity index (χ2n) is 6.92. The molecular formula is C19H23FN4O2. The summed E-state index contributed by atoms with van der Waals surface area (Å²) in [6, 6.07) is 5.88. The van der Waals surface area contributed by atoms with Gasteiger partial charge in [-0.25, -0.2) is 9.18 Å². The van der Waals surface area contributed by atoms with Gasteiger partial charge in [-0.1, -0.05) is 12.1 Å². The van der Waals surface area contributed by atoms with Crippen LogP contribution >= 0.6 is 0 Å². The van der Waals surface area contributed by atoms with E-state index < -0.39 is 23.6 Å². The minimum atomic E-state index is -0.881. The summed E-state index contributed by atoms with van der Waals surface area (Å²) in [7, 11) is 0. The van der Waals surface area contributed by atoms with E-state index in [0.29, 0.717) is 11.1 Å². The summed E-state index contributed by atoms with van der Waals surface area (Å²) < 4.78 is 21.3. The van der Waals surface area contributed by atoms with Crippen LogP contribution < -0.4 is 5.32 Å². The molecule has 7 heteroatoms. The molecule has 0 aliphatic heterocycles. The lowest BCUT2D eigenvalue weighted by Gasteiger charge is -2.21. The molecule has 1 amide bonds. The first-order valence-corrected chi connectivity index (χ1v) is 8.42. The lowest BCUT2D eigenvalue weighted by atomic mass is 10.0. The number of ether oxygens (including phenoxy) is 1. The van der Waals surface area contributed by atoms with Crippen LogP contribution in [0.25, 0.3) is 11.1 Å². The van der Waals surface area contributed by atoms with Crippen LogP contribution in [0.5, 0.6) is 0 Å². The Morgan fingerprint density at radius 1 is 1.42 bits per heavy atom. The largest absolute Gasteiger partial charge is 0.444 e. The number of nitriles is 1. The van der Waals surface area contributed by atoms with Crippen molar-refractivity contribution in [2.45, 2.75) is 52.3 Å². The smallest absolute Gasteiger partial charge is 0.408 e. The number of benzene rings is 1. The average Bonchev–Trinajstić information content (AvgIpc) is 3.03. The average molecular weight is 358 g/mol. The van der Waals surface area contributed by atoms with Gasteiger partial charge in [-0.05, 0) is 44.9 Å². The highest BCUT2D eigenvalue weighted by molar-refractivity contribution is 5.68. The standard InChI is InChI=1S/C19H23FN4O2/c1-5-24-12-15(11-22-24)13-6-7-14(17(20)9-13)8-16(10-21)23-18(25)26-19(2,3)4/h6-7,9,11-12,16H,5,8H2,1-4H3,(H,23,25)/t16-/m0/s1. The Labute approximate surface area is 152 Å². The van der Waals surface area contributed by atoms with Gasteiger partial charge in [0.05, 0.1) is 12.3 Å². The molecule has 0 aliphatic rings. The van der Waals surface area contributed by atoms with Crippen LogP contribution in [0.3, 0.4) is 0 Å². The van der Waals surface area contributed by atoms with Crippen LogP contribution in [0, 0.1) is 17.1 Å². The van der Waals surface area contributed by atoms with E-state index in [1.165, 1.54) is 6.07 Å². The Kier molecular flexibility index (Phi) is 5.98. The normalized spacial score (nSPS) is 12.3. The first-order chi connectivity index (χ1) is 12.2. The van der Waals surface area contributed by atoms with Crippen molar-refractivity contribution in [1.29, 1.82) is 5.26 Å². The molecular weight excluding hydrogens is 335 g/mol. The highest BCUT2D eigenvalue weighted by atomic mass is 19.1.